The van der Waals surface area contributed by atoms with Crippen molar-refractivity contribution in [1.29, 1.82) is 0 Å². The number of amides is 1. The maximum Gasteiger partial charge on any atom is 0.323 e. The largest absolute Gasteiger partial charge is 0.394 e. The highest BCUT2D eigenvalue weighted by Gasteiger charge is 2.38. The summed E-state index contributed by atoms with van der Waals surface area (Å²) in [6.07, 6.45) is 3.89. The fourth-order valence-electron chi connectivity index (χ4n) is 1.69. The van der Waals surface area contributed by atoms with Crippen LogP contribution in [0, 0.1) is 0 Å². The fraction of sp³-hybridized carbons (Fsp3) is 0.556. The lowest BCUT2D eigenvalue weighted by molar-refractivity contribution is 0.0638. The van der Waals surface area contributed by atoms with Gasteiger partial charge in [0.05, 0.1) is 12.1 Å². The summed E-state index contributed by atoms with van der Waals surface area (Å²) in [7, 11) is 0. The molecule has 1 heterocycles. The summed E-state index contributed by atoms with van der Waals surface area (Å²) < 4.78 is 0. The number of hydrogen-bond donors (Lipinski definition) is 4. The van der Waals surface area contributed by atoms with Crippen LogP contribution in [0.15, 0.2) is 11.0 Å². The van der Waals surface area contributed by atoms with Crippen molar-refractivity contribution in [3.63, 3.8) is 0 Å². The smallest absolute Gasteiger partial charge is 0.323 e. The molecule has 0 bridgehead atoms. The quantitative estimate of drug-likeness (QED) is 0.534. The number of nitrogens with one attached hydrogen (secondary N) is 3. The predicted molar refractivity (Wildman–Crippen MR) is 52.5 cm³/mol. The molecule has 0 aliphatic heterocycles. The molecule has 1 aliphatic carbocycles. The summed E-state index contributed by atoms with van der Waals surface area (Å²) >= 11 is 0. The van der Waals surface area contributed by atoms with Gasteiger partial charge in [-0.15, -0.1) is 0 Å². The Morgan fingerprint density at radius 2 is 2.33 bits per heavy atom. The van der Waals surface area contributed by atoms with Crippen LogP contribution < -0.4 is 11.0 Å². The number of hydrogen-bond acceptors (Lipinski definition) is 3. The van der Waals surface area contributed by atoms with Gasteiger partial charge in [0.2, 0.25) is 0 Å². The molecule has 1 aliphatic rings. The lowest BCUT2D eigenvalue weighted by atomic mass is 9.77. The molecule has 15 heavy (non-hydrogen) atoms. The van der Waals surface area contributed by atoms with Crippen molar-refractivity contribution >= 4 is 5.91 Å². The SMILES string of the molecule is O=C(NC1(CO)CCC1)c1c[nH]c(=O)[nH]1. The van der Waals surface area contributed by atoms with Crippen molar-refractivity contribution < 1.29 is 9.90 Å². The number of aliphatic hydroxyl groups excluding tert-OH is 1. The van der Waals surface area contributed by atoms with Crippen LogP contribution in [0.25, 0.3) is 0 Å². The summed E-state index contributed by atoms with van der Waals surface area (Å²) in [5, 5.41) is 11.9. The summed E-state index contributed by atoms with van der Waals surface area (Å²) in [5.74, 6) is -0.359. The van der Waals surface area contributed by atoms with E-state index in [1.54, 1.807) is 0 Å². The number of aromatic amines is 2. The lowest BCUT2D eigenvalue weighted by Crippen LogP contribution is -2.56. The van der Waals surface area contributed by atoms with Crippen molar-refractivity contribution in [2.45, 2.75) is 24.8 Å². The van der Waals surface area contributed by atoms with Crippen molar-refractivity contribution in [2.24, 2.45) is 0 Å². The highest BCUT2D eigenvalue weighted by atomic mass is 16.3. The van der Waals surface area contributed by atoms with E-state index >= 15 is 0 Å². The van der Waals surface area contributed by atoms with Gasteiger partial charge in [0.1, 0.15) is 5.69 Å². The topological polar surface area (TPSA) is 98.0 Å². The van der Waals surface area contributed by atoms with Gasteiger partial charge in [-0.3, -0.25) is 4.79 Å². The molecule has 0 saturated heterocycles. The molecule has 1 aromatic heterocycles. The third kappa shape index (κ3) is 1.80. The molecular formula is C9H13N3O3. The van der Waals surface area contributed by atoms with Crippen LogP contribution in [0.1, 0.15) is 29.8 Å². The van der Waals surface area contributed by atoms with Gasteiger partial charge in [0, 0.05) is 6.20 Å². The molecule has 0 spiro atoms. The highest BCUT2D eigenvalue weighted by Crippen LogP contribution is 2.31. The number of rotatable bonds is 3. The Morgan fingerprint density at radius 3 is 2.73 bits per heavy atom. The minimum Gasteiger partial charge on any atom is -0.394 e. The number of carbonyl (C=O) groups is 1. The van der Waals surface area contributed by atoms with Gasteiger partial charge < -0.3 is 20.4 Å². The van der Waals surface area contributed by atoms with Crippen LogP contribution in [-0.2, 0) is 0 Å². The first-order valence-corrected chi connectivity index (χ1v) is 4.86. The molecule has 1 fully saturated rings. The molecule has 0 radical (unpaired) electrons. The molecule has 1 saturated carbocycles. The molecule has 2 rings (SSSR count). The van der Waals surface area contributed by atoms with Crippen molar-refractivity contribution in [3.8, 4) is 0 Å². The van der Waals surface area contributed by atoms with E-state index in [1.165, 1.54) is 6.20 Å². The van der Waals surface area contributed by atoms with Crippen molar-refractivity contribution in [2.75, 3.05) is 6.61 Å². The molecular weight excluding hydrogens is 198 g/mol. The van der Waals surface area contributed by atoms with Crippen LogP contribution in [0.5, 0.6) is 0 Å². The Bertz CT molecular complexity index is 411. The normalized spacial score (nSPS) is 18.2. The van der Waals surface area contributed by atoms with Crippen LogP contribution in [-0.4, -0.2) is 33.1 Å². The van der Waals surface area contributed by atoms with Crippen LogP contribution in [0.4, 0.5) is 0 Å². The average Bonchev–Trinajstić information content (AvgIpc) is 2.58. The number of carbonyl (C=O) groups excluding carboxylic acids is 1. The van der Waals surface area contributed by atoms with Crippen LogP contribution in [0.3, 0.4) is 0 Å². The molecule has 6 nitrogen and oxygen atoms in total. The van der Waals surface area contributed by atoms with Gasteiger partial charge in [0.25, 0.3) is 5.91 Å². The van der Waals surface area contributed by atoms with Crippen LogP contribution in [0.2, 0.25) is 0 Å². The molecule has 82 valence electrons. The summed E-state index contributed by atoms with van der Waals surface area (Å²) in [6.45, 7) is -0.0621. The van der Waals surface area contributed by atoms with Gasteiger partial charge in [-0.25, -0.2) is 4.79 Å². The Kier molecular flexibility index (Phi) is 2.36. The van der Waals surface area contributed by atoms with E-state index in [2.05, 4.69) is 15.3 Å². The second-order valence-electron chi connectivity index (χ2n) is 3.90. The number of aliphatic hydroxyl groups is 1. The standard InChI is InChI=1S/C9H13N3O3/c13-5-9(2-1-3-9)12-7(14)6-4-10-8(15)11-6/h4,13H,1-3,5H2,(H,12,14)(H2,10,11,15). The Balaban J connectivity index is 2.06. The average molecular weight is 211 g/mol. The lowest BCUT2D eigenvalue weighted by Gasteiger charge is -2.40. The van der Waals surface area contributed by atoms with E-state index in [0.29, 0.717) is 0 Å². The van der Waals surface area contributed by atoms with Gasteiger partial charge in [-0.05, 0) is 19.3 Å². The third-order valence-corrected chi connectivity index (χ3v) is 2.83. The van der Waals surface area contributed by atoms with E-state index in [0.717, 1.165) is 19.3 Å². The minimum absolute atomic E-state index is 0.0621. The molecule has 1 aromatic rings. The van der Waals surface area contributed by atoms with E-state index in [1.807, 2.05) is 0 Å². The van der Waals surface area contributed by atoms with Gasteiger partial charge in [-0.2, -0.15) is 0 Å². The zero-order chi connectivity index (χ0) is 10.9. The summed E-state index contributed by atoms with van der Waals surface area (Å²) in [6, 6.07) is 0. The summed E-state index contributed by atoms with van der Waals surface area (Å²) in [5.41, 5.74) is -0.697. The van der Waals surface area contributed by atoms with E-state index < -0.39 is 11.2 Å². The first kappa shape index (κ1) is 9.97. The molecule has 0 atom stereocenters. The van der Waals surface area contributed by atoms with Gasteiger partial charge in [0.15, 0.2) is 0 Å². The zero-order valence-corrected chi connectivity index (χ0v) is 8.17. The van der Waals surface area contributed by atoms with Gasteiger partial charge >= 0.3 is 5.69 Å². The maximum absolute atomic E-state index is 11.6. The Morgan fingerprint density at radius 1 is 1.60 bits per heavy atom. The number of imidazole rings is 1. The minimum atomic E-state index is -0.481. The maximum atomic E-state index is 11.6. The monoisotopic (exact) mass is 211 g/mol. The zero-order valence-electron chi connectivity index (χ0n) is 8.17. The van der Waals surface area contributed by atoms with E-state index in [4.69, 9.17) is 5.11 Å². The van der Waals surface area contributed by atoms with Crippen LogP contribution >= 0.6 is 0 Å². The molecule has 1 amide bonds. The molecule has 0 aromatic carbocycles. The Labute approximate surface area is 85.7 Å². The van der Waals surface area contributed by atoms with Gasteiger partial charge in [-0.1, -0.05) is 0 Å². The molecule has 4 N–H and O–H groups in total. The second-order valence-corrected chi connectivity index (χ2v) is 3.90. The molecule has 6 heteroatoms. The summed E-state index contributed by atoms with van der Waals surface area (Å²) in [4.78, 5) is 27.1. The molecule has 0 unspecified atom stereocenters. The predicted octanol–water partition coefficient (Wildman–Crippen LogP) is -0.652. The van der Waals surface area contributed by atoms with Crippen molar-refractivity contribution in [3.05, 3.63) is 22.4 Å². The highest BCUT2D eigenvalue weighted by molar-refractivity contribution is 5.92. The third-order valence-electron chi connectivity index (χ3n) is 2.83. The second kappa shape index (κ2) is 3.54. The number of H-pyrrole nitrogens is 2. The Hall–Kier alpha value is -1.56. The first-order chi connectivity index (χ1) is 7.15. The number of aromatic nitrogens is 2. The van der Waals surface area contributed by atoms with E-state index in [-0.39, 0.29) is 18.2 Å². The first-order valence-electron chi connectivity index (χ1n) is 4.86. The fourth-order valence-corrected chi connectivity index (χ4v) is 1.69. The van der Waals surface area contributed by atoms with E-state index in [9.17, 15) is 9.59 Å². The van der Waals surface area contributed by atoms with Crippen molar-refractivity contribution in [1.82, 2.24) is 15.3 Å².